The minimum atomic E-state index is -0.692. The van der Waals surface area contributed by atoms with E-state index >= 15 is 0 Å². The molecule has 1 aliphatic rings. The number of rotatable bonds is 8. The molecule has 2 aromatic rings. The van der Waals surface area contributed by atoms with Crippen molar-refractivity contribution in [2.24, 2.45) is 0 Å². The van der Waals surface area contributed by atoms with Gasteiger partial charge in [0.1, 0.15) is 24.2 Å². The molecular weight excluding hydrogens is 362 g/mol. The summed E-state index contributed by atoms with van der Waals surface area (Å²) < 4.78 is 10.9. The van der Waals surface area contributed by atoms with Crippen LogP contribution in [0.1, 0.15) is 0 Å². The van der Waals surface area contributed by atoms with Crippen molar-refractivity contribution in [1.29, 1.82) is 0 Å². The Balaban J connectivity index is 1.34. The second kappa shape index (κ2) is 10.1. The van der Waals surface area contributed by atoms with E-state index in [2.05, 4.69) is 10.6 Å². The summed E-state index contributed by atoms with van der Waals surface area (Å²) in [7, 11) is 0. The number of amides is 2. The fourth-order valence-corrected chi connectivity index (χ4v) is 3.04. The second-order valence-electron chi connectivity index (χ2n) is 6.63. The molecule has 28 heavy (non-hydrogen) atoms. The average molecular weight is 389 g/mol. The van der Waals surface area contributed by atoms with Crippen LogP contribution < -0.4 is 15.4 Å². The first-order valence-electron chi connectivity index (χ1n) is 9.48. The summed E-state index contributed by atoms with van der Waals surface area (Å²) in [6.07, 6.45) is -0.692. The molecule has 8 nitrogen and oxygen atoms in total. The van der Waals surface area contributed by atoms with E-state index in [0.717, 1.165) is 5.39 Å². The summed E-state index contributed by atoms with van der Waals surface area (Å²) in [5, 5.41) is 27.5. The van der Waals surface area contributed by atoms with Gasteiger partial charge in [0.15, 0.2) is 0 Å². The molecule has 1 saturated heterocycles. The Morgan fingerprint density at radius 3 is 2.71 bits per heavy atom. The van der Waals surface area contributed by atoms with Gasteiger partial charge in [-0.05, 0) is 12.1 Å². The number of ether oxygens (including phenoxy) is 2. The number of carbonyl (C=O) groups excluding carboxylic acids is 1. The molecule has 1 atom stereocenters. The third kappa shape index (κ3) is 5.48. The summed E-state index contributed by atoms with van der Waals surface area (Å²) in [6, 6.07) is 10.6. The summed E-state index contributed by atoms with van der Waals surface area (Å²) in [5.74, 6) is 0.814. The third-order valence-corrected chi connectivity index (χ3v) is 4.55. The van der Waals surface area contributed by atoms with Crippen LogP contribution in [0.3, 0.4) is 0 Å². The van der Waals surface area contributed by atoms with Crippen molar-refractivity contribution in [1.82, 2.24) is 15.5 Å². The quantitative estimate of drug-likeness (QED) is 0.501. The van der Waals surface area contributed by atoms with Crippen LogP contribution in [0, 0.1) is 0 Å². The number of fused-ring (bicyclic) bond motifs is 1. The van der Waals surface area contributed by atoms with Gasteiger partial charge in [0.2, 0.25) is 0 Å². The van der Waals surface area contributed by atoms with Crippen molar-refractivity contribution in [3.8, 4) is 11.5 Å². The van der Waals surface area contributed by atoms with E-state index in [0.29, 0.717) is 57.1 Å². The van der Waals surface area contributed by atoms with E-state index in [9.17, 15) is 15.0 Å². The molecule has 1 heterocycles. The molecule has 0 saturated carbocycles. The number of carbonyl (C=O) groups is 1. The highest BCUT2D eigenvalue weighted by molar-refractivity contribution is 5.92. The Hall–Kier alpha value is -2.55. The predicted octanol–water partition coefficient (Wildman–Crippen LogP) is 0.916. The molecule has 1 fully saturated rings. The zero-order valence-electron chi connectivity index (χ0n) is 15.8. The fraction of sp³-hybridized carbons (Fsp3) is 0.450. The molecule has 2 amide bonds. The van der Waals surface area contributed by atoms with Crippen LogP contribution >= 0.6 is 0 Å². The van der Waals surface area contributed by atoms with Crippen molar-refractivity contribution in [3.63, 3.8) is 0 Å². The van der Waals surface area contributed by atoms with Gasteiger partial charge < -0.3 is 35.2 Å². The van der Waals surface area contributed by atoms with E-state index < -0.39 is 6.10 Å². The van der Waals surface area contributed by atoms with Gasteiger partial charge in [0.25, 0.3) is 0 Å². The molecule has 0 unspecified atom stereocenters. The number of phenolic OH excluding ortho intramolecular Hbond substituents is 1. The minimum Gasteiger partial charge on any atom is -0.507 e. The van der Waals surface area contributed by atoms with Gasteiger partial charge >= 0.3 is 6.03 Å². The number of aromatic hydroxyl groups is 1. The lowest BCUT2D eigenvalue weighted by Crippen LogP contribution is -2.47. The summed E-state index contributed by atoms with van der Waals surface area (Å²) in [4.78, 5) is 13.7. The normalized spacial score (nSPS) is 15.4. The number of benzene rings is 2. The van der Waals surface area contributed by atoms with Gasteiger partial charge in [0, 0.05) is 43.5 Å². The van der Waals surface area contributed by atoms with Gasteiger partial charge in [-0.3, -0.25) is 0 Å². The summed E-state index contributed by atoms with van der Waals surface area (Å²) >= 11 is 0. The average Bonchev–Trinajstić information content (AvgIpc) is 2.73. The number of urea groups is 1. The topological polar surface area (TPSA) is 103 Å². The van der Waals surface area contributed by atoms with Gasteiger partial charge in [-0.15, -0.1) is 0 Å². The van der Waals surface area contributed by atoms with E-state index in [4.69, 9.17) is 9.47 Å². The number of aliphatic hydroxyl groups is 1. The number of hydrogen-bond donors (Lipinski definition) is 4. The molecule has 2 aromatic carbocycles. The summed E-state index contributed by atoms with van der Waals surface area (Å²) in [5.41, 5.74) is 0. The second-order valence-corrected chi connectivity index (χ2v) is 6.63. The third-order valence-electron chi connectivity index (χ3n) is 4.55. The van der Waals surface area contributed by atoms with E-state index in [1.165, 1.54) is 0 Å². The minimum absolute atomic E-state index is 0.0896. The Kier molecular flexibility index (Phi) is 7.30. The van der Waals surface area contributed by atoms with Crippen LogP contribution in [0.4, 0.5) is 4.79 Å². The molecule has 8 heteroatoms. The molecule has 4 N–H and O–H groups in total. The van der Waals surface area contributed by atoms with Crippen LogP contribution in [0.15, 0.2) is 36.4 Å². The maximum atomic E-state index is 11.9. The number of nitrogens with zero attached hydrogens (tertiary/aromatic N) is 1. The first kappa shape index (κ1) is 20.2. The lowest BCUT2D eigenvalue weighted by molar-refractivity contribution is 0.0532. The highest BCUT2D eigenvalue weighted by atomic mass is 16.5. The first-order valence-corrected chi connectivity index (χ1v) is 9.48. The van der Waals surface area contributed by atoms with Crippen LogP contribution in [-0.4, -0.2) is 79.8 Å². The summed E-state index contributed by atoms with van der Waals surface area (Å²) in [6.45, 7) is 3.89. The smallest absolute Gasteiger partial charge is 0.317 e. The monoisotopic (exact) mass is 389 g/mol. The van der Waals surface area contributed by atoms with Crippen LogP contribution in [0.2, 0.25) is 0 Å². The largest absolute Gasteiger partial charge is 0.507 e. The highest BCUT2D eigenvalue weighted by Crippen LogP contribution is 2.31. The van der Waals surface area contributed by atoms with E-state index in [1.807, 2.05) is 18.2 Å². The molecule has 0 aliphatic carbocycles. The number of morpholine rings is 1. The molecular formula is C20H27N3O5. The lowest BCUT2D eigenvalue weighted by atomic mass is 10.1. The van der Waals surface area contributed by atoms with Crippen LogP contribution in [0.25, 0.3) is 10.8 Å². The zero-order chi connectivity index (χ0) is 19.8. The Bertz CT molecular complexity index is 780. The first-order chi connectivity index (χ1) is 13.6. The Morgan fingerprint density at radius 1 is 1.14 bits per heavy atom. The molecule has 0 aromatic heterocycles. The van der Waals surface area contributed by atoms with Gasteiger partial charge in [-0.25, -0.2) is 4.79 Å². The predicted molar refractivity (Wildman–Crippen MR) is 106 cm³/mol. The lowest BCUT2D eigenvalue weighted by Gasteiger charge is -2.27. The molecule has 3 rings (SSSR count). The van der Waals surface area contributed by atoms with E-state index in [-0.39, 0.29) is 18.4 Å². The molecule has 0 radical (unpaired) electrons. The number of aliphatic hydroxyl groups excluding tert-OH is 1. The number of phenols is 1. The molecule has 0 bridgehead atoms. The number of nitrogens with one attached hydrogen (secondary N) is 2. The zero-order valence-corrected chi connectivity index (χ0v) is 15.8. The van der Waals surface area contributed by atoms with Crippen molar-refractivity contribution in [2.45, 2.75) is 6.10 Å². The van der Waals surface area contributed by atoms with Gasteiger partial charge in [0.05, 0.1) is 13.2 Å². The molecule has 1 aliphatic heterocycles. The fourth-order valence-electron chi connectivity index (χ4n) is 3.04. The van der Waals surface area contributed by atoms with Crippen LogP contribution in [-0.2, 0) is 4.74 Å². The van der Waals surface area contributed by atoms with Crippen molar-refractivity contribution in [3.05, 3.63) is 36.4 Å². The van der Waals surface area contributed by atoms with Crippen LogP contribution in [0.5, 0.6) is 11.5 Å². The molecule has 152 valence electrons. The SMILES string of the molecule is O=C(NCCNC[C@H](O)COc1cccc2c(O)cccc12)N1CCOCC1. The standard InChI is InChI=1S/C20H27N3O5/c24-15(13-21-7-8-22-20(26)23-9-11-27-12-10-23)14-28-19-6-2-3-16-17(19)4-1-5-18(16)25/h1-6,15,21,24-25H,7-14H2,(H,22,26)/t15-/m0/s1. The Labute approximate surface area is 164 Å². The van der Waals surface area contributed by atoms with Crippen molar-refractivity contribution >= 4 is 16.8 Å². The van der Waals surface area contributed by atoms with Gasteiger partial charge in [-0.1, -0.05) is 24.3 Å². The Morgan fingerprint density at radius 2 is 1.89 bits per heavy atom. The van der Waals surface area contributed by atoms with Crippen molar-refractivity contribution < 1.29 is 24.5 Å². The van der Waals surface area contributed by atoms with E-state index in [1.54, 1.807) is 23.1 Å². The maximum absolute atomic E-state index is 11.9. The highest BCUT2D eigenvalue weighted by Gasteiger charge is 2.15. The van der Waals surface area contributed by atoms with Gasteiger partial charge in [-0.2, -0.15) is 0 Å². The number of hydrogen-bond acceptors (Lipinski definition) is 6. The van der Waals surface area contributed by atoms with Crippen molar-refractivity contribution in [2.75, 3.05) is 52.5 Å². The molecule has 0 spiro atoms. The maximum Gasteiger partial charge on any atom is 0.317 e.